The summed E-state index contributed by atoms with van der Waals surface area (Å²) < 4.78 is 26.0. The molecule has 0 fully saturated rings. The van der Waals surface area contributed by atoms with E-state index in [2.05, 4.69) is 10.3 Å². The summed E-state index contributed by atoms with van der Waals surface area (Å²) in [7, 11) is 0. The zero-order valence-corrected chi connectivity index (χ0v) is 9.37. The molecule has 1 aromatic heterocycles. The van der Waals surface area contributed by atoms with E-state index in [0.29, 0.717) is 6.54 Å². The van der Waals surface area contributed by atoms with Gasteiger partial charge in [0, 0.05) is 24.5 Å². The fraction of sp³-hybridized carbons (Fsp3) is 0.154. The lowest BCUT2D eigenvalue weighted by Gasteiger charge is -2.07. The van der Waals surface area contributed by atoms with Crippen LogP contribution >= 0.6 is 0 Å². The Morgan fingerprint density at radius 3 is 2.65 bits per heavy atom. The normalized spacial score (nSPS) is 10.3. The molecule has 1 N–H and O–H groups in total. The summed E-state index contributed by atoms with van der Waals surface area (Å²) >= 11 is 0. The largest absolute Gasteiger partial charge is 0.379 e. The molecule has 0 aliphatic heterocycles. The maximum atomic E-state index is 13.3. The van der Waals surface area contributed by atoms with Crippen LogP contribution in [0.1, 0.15) is 11.3 Å². The number of halogens is 2. The minimum atomic E-state index is -0.593. The number of rotatable bonds is 3. The van der Waals surface area contributed by atoms with Gasteiger partial charge in [-0.05, 0) is 30.7 Å². The topological polar surface area (TPSA) is 24.9 Å². The Morgan fingerprint density at radius 1 is 1.18 bits per heavy atom. The fourth-order valence-electron chi connectivity index (χ4n) is 1.43. The average Bonchev–Trinajstić information content (AvgIpc) is 2.30. The lowest BCUT2D eigenvalue weighted by molar-refractivity contribution is 0.585. The molecule has 2 nitrogen and oxygen atoms in total. The summed E-state index contributed by atoms with van der Waals surface area (Å²) in [4.78, 5) is 4.13. The fourth-order valence-corrected chi connectivity index (χ4v) is 1.43. The third-order valence-corrected chi connectivity index (χ3v) is 2.39. The van der Waals surface area contributed by atoms with Crippen LogP contribution in [0.4, 0.5) is 14.5 Å². The summed E-state index contributed by atoms with van der Waals surface area (Å²) in [6.45, 7) is 2.35. The number of benzene rings is 1. The van der Waals surface area contributed by atoms with Crippen molar-refractivity contribution in [2.45, 2.75) is 13.5 Å². The zero-order chi connectivity index (χ0) is 12.3. The summed E-state index contributed by atoms with van der Waals surface area (Å²) in [5.41, 5.74) is 2.16. The molecule has 0 aliphatic rings. The van der Waals surface area contributed by atoms with Crippen molar-refractivity contribution in [1.82, 2.24) is 4.98 Å². The Bertz CT molecular complexity index is 509. The Morgan fingerprint density at radius 2 is 2.00 bits per heavy atom. The molecular formula is C13H12F2N2. The highest BCUT2D eigenvalue weighted by Crippen LogP contribution is 2.15. The molecule has 0 saturated heterocycles. The Balaban J connectivity index is 2.04. The summed E-state index contributed by atoms with van der Waals surface area (Å²) in [5, 5.41) is 2.89. The van der Waals surface area contributed by atoms with Gasteiger partial charge in [-0.15, -0.1) is 0 Å². The lowest BCUT2D eigenvalue weighted by Crippen LogP contribution is -2.02. The second kappa shape index (κ2) is 4.91. The standard InChI is InChI=1S/C13H12F2N2/c1-9-2-3-10(7-16-9)8-17-13-5-4-11(14)6-12(13)15/h2-7,17H,8H2,1H3. The lowest BCUT2D eigenvalue weighted by atomic mass is 10.2. The molecule has 17 heavy (non-hydrogen) atoms. The summed E-state index contributed by atoms with van der Waals surface area (Å²) in [5.74, 6) is -1.17. The predicted molar refractivity (Wildman–Crippen MR) is 62.7 cm³/mol. The van der Waals surface area contributed by atoms with Gasteiger partial charge >= 0.3 is 0 Å². The van der Waals surface area contributed by atoms with Crippen LogP contribution < -0.4 is 5.32 Å². The number of aromatic nitrogens is 1. The van der Waals surface area contributed by atoms with Crippen molar-refractivity contribution in [1.29, 1.82) is 0 Å². The highest BCUT2D eigenvalue weighted by atomic mass is 19.1. The first-order valence-electron chi connectivity index (χ1n) is 5.25. The smallest absolute Gasteiger partial charge is 0.149 e. The molecule has 2 rings (SSSR count). The van der Waals surface area contributed by atoms with Gasteiger partial charge in [0.15, 0.2) is 0 Å². The van der Waals surface area contributed by atoms with Gasteiger partial charge in [0.05, 0.1) is 5.69 Å². The highest BCUT2D eigenvalue weighted by Gasteiger charge is 2.03. The molecule has 0 spiro atoms. The van der Waals surface area contributed by atoms with E-state index in [1.165, 1.54) is 12.1 Å². The average molecular weight is 234 g/mol. The number of nitrogens with zero attached hydrogens (tertiary/aromatic N) is 1. The van der Waals surface area contributed by atoms with Crippen molar-refractivity contribution in [3.8, 4) is 0 Å². The molecule has 0 aliphatic carbocycles. The van der Waals surface area contributed by atoms with Crippen LogP contribution in [0.25, 0.3) is 0 Å². The zero-order valence-electron chi connectivity index (χ0n) is 9.37. The second-order valence-electron chi connectivity index (χ2n) is 3.79. The summed E-state index contributed by atoms with van der Waals surface area (Å²) in [6.07, 6.45) is 1.73. The number of pyridine rings is 1. The molecule has 0 unspecified atom stereocenters. The van der Waals surface area contributed by atoms with Gasteiger partial charge in [-0.25, -0.2) is 8.78 Å². The first kappa shape index (κ1) is 11.5. The molecule has 0 bridgehead atoms. The number of hydrogen-bond acceptors (Lipinski definition) is 2. The van der Waals surface area contributed by atoms with Crippen molar-refractivity contribution in [3.05, 3.63) is 59.4 Å². The molecule has 1 heterocycles. The van der Waals surface area contributed by atoms with Crippen LogP contribution in [0.5, 0.6) is 0 Å². The number of anilines is 1. The van der Waals surface area contributed by atoms with Crippen molar-refractivity contribution < 1.29 is 8.78 Å². The van der Waals surface area contributed by atoms with E-state index < -0.39 is 11.6 Å². The van der Waals surface area contributed by atoms with E-state index in [0.717, 1.165) is 17.3 Å². The molecule has 1 aromatic carbocycles. The number of aryl methyl sites for hydroxylation is 1. The predicted octanol–water partition coefficient (Wildman–Crippen LogP) is 3.28. The van der Waals surface area contributed by atoms with Crippen molar-refractivity contribution >= 4 is 5.69 Å². The Hall–Kier alpha value is -1.97. The number of nitrogens with one attached hydrogen (secondary N) is 1. The monoisotopic (exact) mass is 234 g/mol. The van der Waals surface area contributed by atoms with E-state index >= 15 is 0 Å². The van der Waals surface area contributed by atoms with E-state index in [4.69, 9.17) is 0 Å². The SMILES string of the molecule is Cc1ccc(CNc2ccc(F)cc2F)cn1. The molecule has 0 saturated carbocycles. The van der Waals surface area contributed by atoms with E-state index in [1.54, 1.807) is 6.20 Å². The van der Waals surface area contributed by atoms with Crippen LogP contribution in [0.2, 0.25) is 0 Å². The first-order valence-corrected chi connectivity index (χ1v) is 5.25. The third kappa shape index (κ3) is 3.00. The molecule has 0 amide bonds. The molecule has 2 aromatic rings. The van der Waals surface area contributed by atoms with Crippen LogP contribution in [0.3, 0.4) is 0 Å². The van der Waals surface area contributed by atoms with Crippen molar-refractivity contribution in [2.75, 3.05) is 5.32 Å². The van der Waals surface area contributed by atoms with Gasteiger partial charge in [0.2, 0.25) is 0 Å². The van der Waals surface area contributed by atoms with Crippen molar-refractivity contribution in [3.63, 3.8) is 0 Å². The van der Waals surface area contributed by atoms with Gasteiger partial charge < -0.3 is 5.32 Å². The highest BCUT2D eigenvalue weighted by molar-refractivity contribution is 5.45. The second-order valence-corrected chi connectivity index (χ2v) is 3.79. The van der Waals surface area contributed by atoms with Gasteiger partial charge in [0.1, 0.15) is 11.6 Å². The molecule has 0 radical (unpaired) electrons. The van der Waals surface area contributed by atoms with Crippen LogP contribution in [-0.2, 0) is 6.54 Å². The van der Waals surface area contributed by atoms with Crippen LogP contribution in [-0.4, -0.2) is 4.98 Å². The number of hydrogen-bond donors (Lipinski definition) is 1. The van der Waals surface area contributed by atoms with Gasteiger partial charge in [0.25, 0.3) is 0 Å². The van der Waals surface area contributed by atoms with Crippen molar-refractivity contribution in [2.24, 2.45) is 0 Å². The minimum Gasteiger partial charge on any atom is -0.379 e. The molecule has 88 valence electrons. The van der Waals surface area contributed by atoms with E-state index in [1.807, 2.05) is 19.1 Å². The van der Waals surface area contributed by atoms with Gasteiger partial charge in [-0.1, -0.05) is 6.07 Å². The third-order valence-electron chi connectivity index (χ3n) is 2.39. The molecular weight excluding hydrogens is 222 g/mol. The molecule has 4 heteroatoms. The van der Waals surface area contributed by atoms with Gasteiger partial charge in [-0.2, -0.15) is 0 Å². The van der Waals surface area contributed by atoms with E-state index in [9.17, 15) is 8.78 Å². The Labute approximate surface area is 98.3 Å². The molecule has 0 atom stereocenters. The summed E-state index contributed by atoms with van der Waals surface area (Å²) in [6, 6.07) is 7.26. The Kier molecular flexibility index (Phi) is 3.32. The van der Waals surface area contributed by atoms with Crippen LogP contribution in [0.15, 0.2) is 36.5 Å². The first-order chi connectivity index (χ1) is 8.15. The maximum Gasteiger partial charge on any atom is 0.149 e. The van der Waals surface area contributed by atoms with Gasteiger partial charge in [-0.3, -0.25) is 4.98 Å². The quantitative estimate of drug-likeness (QED) is 0.881. The van der Waals surface area contributed by atoms with Crippen LogP contribution in [0, 0.1) is 18.6 Å². The minimum absolute atomic E-state index is 0.284. The van der Waals surface area contributed by atoms with E-state index in [-0.39, 0.29) is 5.69 Å². The maximum absolute atomic E-state index is 13.3.